The van der Waals surface area contributed by atoms with Crippen molar-refractivity contribution in [2.45, 2.75) is 40.3 Å². The fourth-order valence-corrected chi connectivity index (χ4v) is 2.46. The van der Waals surface area contributed by atoms with Crippen LogP contribution in [0.1, 0.15) is 38.1 Å². The van der Waals surface area contributed by atoms with E-state index in [-0.39, 0.29) is 17.5 Å². The molecule has 6 heteroatoms. The Morgan fingerprint density at radius 3 is 2.64 bits per heavy atom. The first-order chi connectivity index (χ1) is 10.3. The van der Waals surface area contributed by atoms with E-state index in [9.17, 15) is 9.59 Å². The zero-order chi connectivity index (χ0) is 16.4. The van der Waals surface area contributed by atoms with Crippen LogP contribution in [0.5, 0.6) is 0 Å². The number of hydrogen-bond acceptors (Lipinski definition) is 3. The fraction of sp³-hybridized carbons (Fsp3) is 0.438. The number of rotatable bonds is 4. The maximum absolute atomic E-state index is 12.3. The van der Waals surface area contributed by atoms with Crippen LogP contribution in [0.15, 0.2) is 23.0 Å². The zero-order valence-corrected chi connectivity index (χ0v) is 14.1. The molecule has 1 aromatic heterocycles. The van der Waals surface area contributed by atoms with Gasteiger partial charge in [0.1, 0.15) is 0 Å². The number of hydrogen-bond donors (Lipinski definition) is 2. The molecule has 0 spiro atoms. The Kier molecular flexibility index (Phi) is 4.81. The van der Waals surface area contributed by atoms with Crippen molar-refractivity contribution >= 4 is 29.0 Å². The molecule has 1 aromatic carbocycles. The van der Waals surface area contributed by atoms with E-state index in [1.165, 1.54) is 4.57 Å². The van der Waals surface area contributed by atoms with E-state index in [2.05, 4.69) is 24.1 Å². The molecule has 0 fully saturated rings. The molecule has 1 atom stereocenters. The van der Waals surface area contributed by atoms with Crippen LogP contribution in [-0.4, -0.2) is 21.5 Å². The Morgan fingerprint density at radius 2 is 2.05 bits per heavy atom. The normalized spacial score (nSPS) is 12.6. The molecule has 0 saturated carbocycles. The molecule has 5 nitrogen and oxygen atoms in total. The van der Waals surface area contributed by atoms with E-state index in [1.807, 2.05) is 13.8 Å². The summed E-state index contributed by atoms with van der Waals surface area (Å²) in [6.07, 6.45) is 0. The molecule has 0 unspecified atom stereocenters. The lowest BCUT2D eigenvalue weighted by Crippen LogP contribution is -2.36. The van der Waals surface area contributed by atoms with Gasteiger partial charge in [0.05, 0.1) is 10.9 Å². The number of H-pyrrole nitrogens is 1. The molecule has 0 bridgehead atoms. The summed E-state index contributed by atoms with van der Waals surface area (Å²) in [5, 5.41) is 3.48. The van der Waals surface area contributed by atoms with Gasteiger partial charge in [0, 0.05) is 18.2 Å². The quantitative estimate of drug-likeness (QED) is 0.852. The average Bonchev–Trinajstić information content (AvgIpc) is 2.46. The molecule has 22 heavy (non-hydrogen) atoms. The van der Waals surface area contributed by atoms with Crippen LogP contribution < -0.4 is 10.9 Å². The van der Waals surface area contributed by atoms with E-state index in [1.54, 1.807) is 18.2 Å². The highest BCUT2D eigenvalue weighted by atomic mass is 32.1. The number of aromatic amines is 1. The number of aromatic nitrogens is 2. The summed E-state index contributed by atoms with van der Waals surface area (Å²) in [5.41, 5.74) is 0.965. The first-order valence-corrected chi connectivity index (χ1v) is 7.83. The molecule has 2 rings (SSSR count). The maximum Gasteiger partial charge on any atom is 0.262 e. The Bertz CT molecular complexity index is 820. The molecule has 0 aliphatic heterocycles. The molecule has 0 aliphatic rings. The SMILES string of the molecule is CCn1c(=S)[nH]c2cc(C(=O)N[C@H](C)C(C)C)ccc2c1=O. The maximum atomic E-state index is 12.3. The third-order valence-electron chi connectivity index (χ3n) is 3.92. The minimum Gasteiger partial charge on any atom is -0.349 e. The van der Waals surface area contributed by atoms with Crippen molar-refractivity contribution < 1.29 is 4.79 Å². The molecular formula is C16H21N3O2S. The van der Waals surface area contributed by atoms with Crippen molar-refractivity contribution in [2.24, 2.45) is 5.92 Å². The summed E-state index contributed by atoms with van der Waals surface area (Å²) < 4.78 is 1.87. The van der Waals surface area contributed by atoms with Gasteiger partial charge in [-0.25, -0.2) is 0 Å². The number of amides is 1. The summed E-state index contributed by atoms with van der Waals surface area (Å²) in [4.78, 5) is 27.6. The molecule has 0 saturated heterocycles. The van der Waals surface area contributed by atoms with Crippen LogP contribution >= 0.6 is 12.2 Å². The number of nitrogens with one attached hydrogen (secondary N) is 2. The predicted octanol–water partition coefficient (Wildman–Crippen LogP) is 2.85. The highest BCUT2D eigenvalue weighted by molar-refractivity contribution is 7.71. The van der Waals surface area contributed by atoms with Crippen molar-refractivity contribution in [1.82, 2.24) is 14.9 Å². The van der Waals surface area contributed by atoms with Crippen LogP contribution in [0.4, 0.5) is 0 Å². The van der Waals surface area contributed by atoms with Crippen molar-refractivity contribution in [1.29, 1.82) is 0 Å². The standard InChI is InChI=1S/C16H21N3O2S/c1-5-19-15(21)12-7-6-11(8-13(12)18-16(19)22)14(20)17-10(4)9(2)3/h6-10H,5H2,1-4H3,(H,17,20)(H,18,22)/t10-/m1/s1. The molecule has 118 valence electrons. The minimum absolute atomic E-state index is 0.0785. The highest BCUT2D eigenvalue weighted by Crippen LogP contribution is 2.12. The van der Waals surface area contributed by atoms with Gasteiger partial charge in [-0.15, -0.1) is 0 Å². The molecule has 1 heterocycles. The molecule has 2 aromatic rings. The number of carbonyl (C=O) groups excluding carboxylic acids is 1. The summed E-state index contributed by atoms with van der Waals surface area (Å²) in [6.45, 7) is 8.45. The van der Waals surface area contributed by atoms with Gasteiger partial charge < -0.3 is 10.3 Å². The Balaban J connectivity index is 2.46. The van der Waals surface area contributed by atoms with Gasteiger partial charge in [-0.1, -0.05) is 13.8 Å². The Morgan fingerprint density at radius 1 is 1.36 bits per heavy atom. The summed E-state index contributed by atoms with van der Waals surface area (Å²) in [7, 11) is 0. The van der Waals surface area contributed by atoms with Crippen molar-refractivity contribution in [3.05, 3.63) is 38.9 Å². The Hall–Kier alpha value is -1.95. The van der Waals surface area contributed by atoms with Gasteiger partial charge in [-0.05, 0) is 50.2 Å². The van der Waals surface area contributed by atoms with Crippen molar-refractivity contribution in [3.8, 4) is 0 Å². The molecule has 0 aliphatic carbocycles. The van der Waals surface area contributed by atoms with Gasteiger partial charge in [0.2, 0.25) is 0 Å². The molecule has 2 N–H and O–H groups in total. The van der Waals surface area contributed by atoms with Crippen LogP contribution in [0, 0.1) is 10.7 Å². The van der Waals surface area contributed by atoms with E-state index in [0.717, 1.165) is 0 Å². The third-order valence-corrected chi connectivity index (χ3v) is 4.24. The number of nitrogens with zero attached hydrogens (tertiary/aromatic N) is 1. The van der Waals surface area contributed by atoms with Crippen LogP contribution in [0.25, 0.3) is 10.9 Å². The second-order valence-electron chi connectivity index (χ2n) is 5.75. The van der Waals surface area contributed by atoms with Crippen molar-refractivity contribution in [3.63, 3.8) is 0 Å². The topological polar surface area (TPSA) is 66.9 Å². The highest BCUT2D eigenvalue weighted by Gasteiger charge is 2.14. The summed E-state index contributed by atoms with van der Waals surface area (Å²) in [6, 6.07) is 5.09. The minimum atomic E-state index is -0.151. The predicted molar refractivity (Wildman–Crippen MR) is 90.8 cm³/mol. The zero-order valence-electron chi connectivity index (χ0n) is 13.3. The van der Waals surface area contributed by atoms with Gasteiger partial charge in [0.25, 0.3) is 11.5 Å². The Labute approximate surface area is 134 Å². The average molecular weight is 319 g/mol. The van der Waals surface area contributed by atoms with Crippen molar-refractivity contribution in [2.75, 3.05) is 0 Å². The van der Waals surface area contributed by atoms with E-state index >= 15 is 0 Å². The number of benzene rings is 1. The second kappa shape index (κ2) is 6.44. The van der Waals surface area contributed by atoms with Gasteiger partial charge in [0.15, 0.2) is 4.77 Å². The van der Waals surface area contributed by atoms with E-state index in [4.69, 9.17) is 12.2 Å². The summed E-state index contributed by atoms with van der Waals surface area (Å²) >= 11 is 5.19. The smallest absolute Gasteiger partial charge is 0.262 e. The molecular weight excluding hydrogens is 298 g/mol. The lowest BCUT2D eigenvalue weighted by Gasteiger charge is -2.17. The van der Waals surface area contributed by atoms with Crippen LogP contribution in [-0.2, 0) is 6.54 Å². The largest absolute Gasteiger partial charge is 0.349 e. The second-order valence-corrected chi connectivity index (χ2v) is 6.13. The van der Waals surface area contributed by atoms with Gasteiger partial charge in [-0.2, -0.15) is 0 Å². The first kappa shape index (κ1) is 16.4. The van der Waals surface area contributed by atoms with E-state index < -0.39 is 0 Å². The first-order valence-electron chi connectivity index (χ1n) is 7.43. The lowest BCUT2D eigenvalue weighted by molar-refractivity contribution is 0.0930. The lowest BCUT2D eigenvalue weighted by atomic mass is 10.1. The number of carbonyl (C=O) groups is 1. The van der Waals surface area contributed by atoms with Crippen LogP contribution in [0.3, 0.4) is 0 Å². The fourth-order valence-electron chi connectivity index (χ4n) is 2.14. The van der Waals surface area contributed by atoms with Gasteiger partial charge >= 0.3 is 0 Å². The molecule has 0 radical (unpaired) electrons. The number of fused-ring (bicyclic) bond motifs is 1. The molecule has 1 amide bonds. The van der Waals surface area contributed by atoms with E-state index in [0.29, 0.717) is 33.7 Å². The third kappa shape index (κ3) is 3.11. The summed E-state index contributed by atoms with van der Waals surface area (Å²) in [5.74, 6) is 0.203. The van der Waals surface area contributed by atoms with Gasteiger partial charge in [-0.3, -0.25) is 14.2 Å². The monoisotopic (exact) mass is 319 g/mol. The van der Waals surface area contributed by atoms with Crippen LogP contribution in [0.2, 0.25) is 0 Å².